The molecule has 0 aromatic rings. The van der Waals surface area contributed by atoms with Crippen molar-refractivity contribution < 1.29 is 14.3 Å². The number of carbonyl (C=O) groups is 1. The van der Waals surface area contributed by atoms with Gasteiger partial charge in [0, 0.05) is 5.25 Å². The molecule has 0 heterocycles. The Kier molecular flexibility index (Phi) is 7.60. The molecule has 0 aromatic carbocycles. The first kappa shape index (κ1) is 14.8. The van der Waals surface area contributed by atoms with Gasteiger partial charge < -0.3 is 9.47 Å². The van der Waals surface area contributed by atoms with E-state index in [1.165, 1.54) is 0 Å². The van der Waals surface area contributed by atoms with Crippen molar-refractivity contribution in [3.05, 3.63) is 0 Å². The number of ether oxygens (including phenoxy) is 2. The maximum Gasteiger partial charge on any atom is 0.511 e. The summed E-state index contributed by atoms with van der Waals surface area (Å²) in [5.41, 5.74) is 0. The third-order valence-electron chi connectivity index (χ3n) is 0.895. The number of hydrogen-bond acceptors (Lipinski definition) is 5. The van der Waals surface area contributed by atoms with Gasteiger partial charge in [-0.15, -0.1) is 0 Å². The van der Waals surface area contributed by atoms with Gasteiger partial charge in [-0.05, 0) is 48.0 Å². The lowest BCUT2D eigenvalue weighted by Crippen LogP contribution is -2.20. The van der Waals surface area contributed by atoms with Crippen LogP contribution in [0.4, 0.5) is 4.79 Å². The van der Waals surface area contributed by atoms with Crippen molar-refractivity contribution in [3.8, 4) is 0 Å². The molecule has 0 aromatic heterocycles. The summed E-state index contributed by atoms with van der Waals surface area (Å²) < 4.78 is 6.91. The summed E-state index contributed by atoms with van der Waals surface area (Å²) >= 11 is 15.6. The summed E-state index contributed by atoms with van der Waals surface area (Å²) in [5, 5.41) is 0.160. The number of halogens is 3. The van der Waals surface area contributed by atoms with Crippen molar-refractivity contribution in [2.75, 3.05) is 12.9 Å². The van der Waals surface area contributed by atoms with E-state index in [0.29, 0.717) is 0 Å². The molecule has 84 valence electrons. The second-order valence-corrected chi connectivity index (χ2v) is 7.27. The van der Waals surface area contributed by atoms with E-state index in [-0.39, 0.29) is 11.9 Å². The van der Waals surface area contributed by atoms with E-state index in [1.54, 1.807) is 21.6 Å². The molecule has 0 N–H and O–H groups in total. The summed E-state index contributed by atoms with van der Waals surface area (Å²) in [4.78, 5) is 10.9. The SMILES string of the molecule is CSS[C@H](C)COC(=O)OC(Cl)(Cl)Cl. The van der Waals surface area contributed by atoms with Crippen LogP contribution < -0.4 is 0 Å². The zero-order chi connectivity index (χ0) is 11.2. The van der Waals surface area contributed by atoms with Crippen molar-refractivity contribution in [2.24, 2.45) is 0 Å². The average Bonchev–Trinajstić information content (AvgIpc) is 1.98. The Balaban J connectivity index is 3.64. The van der Waals surface area contributed by atoms with Gasteiger partial charge >= 0.3 is 10.1 Å². The van der Waals surface area contributed by atoms with E-state index >= 15 is 0 Å². The molecule has 3 nitrogen and oxygen atoms in total. The van der Waals surface area contributed by atoms with Gasteiger partial charge in [0.1, 0.15) is 6.61 Å². The zero-order valence-corrected chi connectivity index (χ0v) is 11.4. The van der Waals surface area contributed by atoms with Crippen LogP contribution in [-0.2, 0) is 9.47 Å². The van der Waals surface area contributed by atoms with Crippen molar-refractivity contribution in [1.82, 2.24) is 0 Å². The summed E-state index contributed by atoms with van der Waals surface area (Å²) in [5.74, 6) is 0. The van der Waals surface area contributed by atoms with E-state index in [1.807, 2.05) is 13.2 Å². The Morgan fingerprint density at radius 1 is 1.50 bits per heavy atom. The van der Waals surface area contributed by atoms with Gasteiger partial charge in [0.2, 0.25) is 0 Å². The molecule has 0 amide bonds. The van der Waals surface area contributed by atoms with Gasteiger partial charge in [0.15, 0.2) is 0 Å². The van der Waals surface area contributed by atoms with Gasteiger partial charge in [0.25, 0.3) is 0 Å². The third kappa shape index (κ3) is 9.40. The first-order valence-electron chi connectivity index (χ1n) is 3.47. The molecule has 0 saturated carbocycles. The molecule has 8 heteroatoms. The Morgan fingerprint density at radius 3 is 2.50 bits per heavy atom. The molecule has 1 atom stereocenters. The topological polar surface area (TPSA) is 35.5 Å². The Morgan fingerprint density at radius 2 is 2.07 bits per heavy atom. The quantitative estimate of drug-likeness (QED) is 0.447. The number of hydrogen-bond donors (Lipinski definition) is 0. The monoisotopic (exact) mass is 298 g/mol. The van der Waals surface area contributed by atoms with Crippen LogP contribution in [0.25, 0.3) is 0 Å². The molecule has 0 radical (unpaired) electrons. The standard InChI is InChI=1S/C6H9Cl3O3S2/c1-4(14-13-2)3-11-5(10)12-6(7,8)9/h4H,3H2,1-2H3/t4-/m1/s1. The molecule has 14 heavy (non-hydrogen) atoms. The molecular formula is C6H9Cl3O3S2. The fraction of sp³-hybridized carbons (Fsp3) is 0.833. The highest BCUT2D eigenvalue weighted by Crippen LogP contribution is 2.28. The maximum atomic E-state index is 10.9. The van der Waals surface area contributed by atoms with Crippen LogP contribution in [-0.4, -0.2) is 28.2 Å². The molecule has 0 aliphatic carbocycles. The molecule has 0 saturated heterocycles. The molecule has 0 spiro atoms. The summed E-state index contributed by atoms with van der Waals surface area (Å²) in [6.07, 6.45) is 0.944. The predicted octanol–water partition coefficient (Wildman–Crippen LogP) is 3.87. The first-order chi connectivity index (χ1) is 6.35. The molecule has 0 aliphatic rings. The lowest BCUT2D eigenvalue weighted by atomic mass is 10.5. The lowest BCUT2D eigenvalue weighted by molar-refractivity contribution is 0.0541. The summed E-state index contributed by atoms with van der Waals surface area (Å²) in [6, 6.07) is 0. The first-order valence-corrected chi connectivity index (χ1v) is 7.22. The van der Waals surface area contributed by atoms with E-state index < -0.39 is 10.1 Å². The molecule has 0 rings (SSSR count). The van der Waals surface area contributed by atoms with E-state index in [9.17, 15) is 4.79 Å². The smallest absolute Gasteiger partial charge is 0.433 e. The van der Waals surface area contributed by atoms with Crippen LogP contribution in [0.2, 0.25) is 0 Å². The maximum absolute atomic E-state index is 10.9. The normalized spacial score (nSPS) is 13.5. The van der Waals surface area contributed by atoms with E-state index in [0.717, 1.165) is 0 Å². The van der Waals surface area contributed by atoms with Crippen molar-refractivity contribution >= 4 is 62.5 Å². The van der Waals surface area contributed by atoms with E-state index in [4.69, 9.17) is 34.8 Å². The Labute approximate surface area is 106 Å². The number of carbonyl (C=O) groups excluding carboxylic acids is 1. The summed E-state index contributed by atoms with van der Waals surface area (Å²) in [6.45, 7) is 2.12. The largest absolute Gasteiger partial charge is 0.511 e. The van der Waals surface area contributed by atoms with Crippen molar-refractivity contribution in [1.29, 1.82) is 0 Å². The van der Waals surface area contributed by atoms with Crippen LogP contribution in [0.3, 0.4) is 0 Å². The molecule has 0 fully saturated rings. The third-order valence-corrected chi connectivity index (χ3v) is 3.35. The minimum absolute atomic E-state index is 0.160. The van der Waals surface area contributed by atoms with Crippen molar-refractivity contribution in [3.63, 3.8) is 0 Å². The molecule has 0 unspecified atom stereocenters. The van der Waals surface area contributed by atoms with Crippen LogP contribution in [0.15, 0.2) is 0 Å². The van der Waals surface area contributed by atoms with Gasteiger partial charge in [-0.25, -0.2) is 4.79 Å². The highest BCUT2D eigenvalue weighted by Gasteiger charge is 2.26. The molecular weight excluding hydrogens is 291 g/mol. The van der Waals surface area contributed by atoms with Crippen LogP contribution >= 0.6 is 56.4 Å². The fourth-order valence-electron chi connectivity index (χ4n) is 0.501. The lowest BCUT2D eigenvalue weighted by Gasteiger charge is -2.13. The Hall–Kier alpha value is 0.840. The minimum atomic E-state index is -2.06. The second kappa shape index (κ2) is 7.17. The summed E-state index contributed by atoms with van der Waals surface area (Å²) in [7, 11) is 3.16. The van der Waals surface area contributed by atoms with Crippen molar-refractivity contribution in [2.45, 2.75) is 16.2 Å². The predicted molar refractivity (Wildman–Crippen MR) is 63.3 cm³/mol. The minimum Gasteiger partial charge on any atom is -0.433 e. The zero-order valence-electron chi connectivity index (χ0n) is 7.46. The van der Waals surface area contributed by atoms with Crippen LogP contribution in [0.1, 0.15) is 6.92 Å². The average molecular weight is 300 g/mol. The Bertz CT molecular complexity index is 186. The molecule has 0 bridgehead atoms. The van der Waals surface area contributed by atoms with Gasteiger partial charge in [0.05, 0.1) is 0 Å². The number of rotatable bonds is 4. The second-order valence-electron chi connectivity index (χ2n) is 2.18. The fourth-order valence-corrected chi connectivity index (χ4v) is 2.29. The van der Waals surface area contributed by atoms with E-state index in [2.05, 4.69) is 9.47 Å². The highest BCUT2D eigenvalue weighted by atomic mass is 35.6. The highest BCUT2D eigenvalue weighted by molar-refractivity contribution is 8.76. The van der Waals surface area contributed by atoms with Gasteiger partial charge in [-0.3, -0.25) is 0 Å². The van der Waals surface area contributed by atoms with Gasteiger partial charge in [-0.1, -0.05) is 21.6 Å². The molecule has 0 aliphatic heterocycles. The van der Waals surface area contributed by atoms with Crippen LogP contribution in [0.5, 0.6) is 0 Å². The number of alkyl halides is 3. The van der Waals surface area contributed by atoms with Gasteiger partial charge in [-0.2, -0.15) is 0 Å². The van der Waals surface area contributed by atoms with Crippen LogP contribution in [0, 0.1) is 0 Å².